The minimum atomic E-state index is -0.877. The maximum absolute atomic E-state index is 2.37. The van der Waals surface area contributed by atoms with E-state index in [1.807, 2.05) is 0 Å². The van der Waals surface area contributed by atoms with Crippen molar-refractivity contribution in [3.63, 3.8) is 0 Å². The molecular formula is C99H80N4. The van der Waals surface area contributed by atoms with Crippen LogP contribution in [0.15, 0.2) is 388 Å². The molecule has 103 heavy (non-hydrogen) atoms. The summed E-state index contributed by atoms with van der Waals surface area (Å²) in [6, 6.07) is 141. The van der Waals surface area contributed by atoms with E-state index in [9.17, 15) is 0 Å². The quantitative estimate of drug-likeness (QED) is 0.0525. The van der Waals surface area contributed by atoms with E-state index in [1.165, 1.54) is 38.9 Å². The largest absolute Gasteiger partial charge is 0.311 e. The van der Waals surface area contributed by atoms with E-state index in [4.69, 9.17) is 0 Å². The van der Waals surface area contributed by atoms with Gasteiger partial charge in [-0.3, -0.25) is 0 Å². The van der Waals surface area contributed by atoms with Gasteiger partial charge in [0.2, 0.25) is 0 Å². The number of aryl methyl sites for hydroxylation is 4. The van der Waals surface area contributed by atoms with Gasteiger partial charge in [0.05, 0.1) is 5.41 Å². The Balaban J connectivity index is 0.830. The standard InChI is InChI=1S/C99H80N4/c1-73-35-39-77(40-36-73)43-47-81-71-76(4)82(72-75(81)3)48-44-78-41-45-79(46-42-78)80-49-61-94(62-50-80)103(92-33-21-10-22-34-92)98-69-57-86(58-70-98)99(83-51-63-95(64-52-83)100(87-23-11-5-12-24-87)88-25-13-6-14-26-88,84-53-65-96(66-54-84)101(89-27-15-7-16-28-89)90-29-17-8-18-30-90)85-55-67-97(68-56-85)102(91-31-19-9-20-32-91)93-59-37-74(2)38-60-93/h5-72H,1-4H3. The van der Waals surface area contributed by atoms with E-state index in [0.29, 0.717) is 0 Å². The SMILES string of the molecule is Cc1ccc(C=Cc2cc(C)c(C=Cc3ccc(-c4ccc(N(c5ccccc5)c5ccc(C(c6ccc(N(c7ccccc7)c7ccccc7)cc6)(c6ccc(N(c7ccccc7)c7ccccc7)cc6)c6ccc(N(c7ccccc7)c7ccc(C)cc7)cc6)cc5)cc4)cc3)cc2C)cc1. The molecule has 0 atom stereocenters. The molecule has 0 N–H and O–H groups in total. The van der Waals surface area contributed by atoms with Gasteiger partial charge in [0.25, 0.3) is 0 Å². The van der Waals surface area contributed by atoms with Crippen molar-refractivity contribution in [2.45, 2.75) is 33.1 Å². The van der Waals surface area contributed by atoms with Crippen LogP contribution in [-0.2, 0) is 5.41 Å². The molecule has 0 heterocycles. The predicted octanol–water partition coefficient (Wildman–Crippen LogP) is 27.2. The van der Waals surface area contributed by atoms with E-state index in [1.54, 1.807) is 0 Å². The summed E-state index contributed by atoms with van der Waals surface area (Å²) in [6.45, 7) is 8.66. The lowest BCUT2D eigenvalue weighted by molar-refractivity contribution is 0.745. The normalized spacial score (nSPS) is 11.4. The van der Waals surface area contributed by atoms with Crippen molar-refractivity contribution in [1.29, 1.82) is 0 Å². The van der Waals surface area contributed by atoms with Crippen molar-refractivity contribution < 1.29 is 0 Å². The van der Waals surface area contributed by atoms with Gasteiger partial charge >= 0.3 is 0 Å². The van der Waals surface area contributed by atoms with Gasteiger partial charge in [0.1, 0.15) is 0 Å². The topological polar surface area (TPSA) is 13.0 Å². The van der Waals surface area contributed by atoms with Gasteiger partial charge in [-0.25, -0.2) is 0 Å². The van der Waals surface area contributed by atoms with Crippen molar-refractivity contribution in [1.82, 2.24) is 0 Å². The summed E-state index contributed by atoms with van der Waals surface area (Å²) in [6.07, 6.45) is 8.88. The summed E-state index contributed by atoms with van der Waals surface area (Å²) >= 11 is 0. The van der Waals surface area contributed by atoms with Crippen molar-refractivity contribution in [3.8, 4) is 11.1 Å². The number of anilines is 12. The lowest BCUT2D eigenvalue weighted by atomic mass is 9.65. The minimum absolute atomic E-state index is 0.877. The number of para-hydroxylation sites is 6. The highest BCUT2D eigenvalue weighted by atomic mass is 15.2. The molecule has 15 aromatic rings. The summed E-state index contributed by atoms with van der Waals surface area (Å²) in [5.74, 6) is 0. The minimum Gasteiger partial charge on any atom is -0.311 e. The lowest BCUT2D eigenvalue weighted by Gasteiger charge is -2.38. The second kappa shape index (κ2) is 30.2. The van der Waals surface area contributed by atoms with Gasteiger partial charge in [-0.1, -0.05) is 278 Å². The van der Waals surface area contributed by atoms with Crippen molar-refractivity contribution >= 4 is 92.6 Å². The third kappa shape index (κ3) is 14.3. The molecule has 0 aromatic heterocycles. The summed E-state index contributed by atoms with van der Waals surface area (Å²) in [5.41, 5.74) is 28.5. The first-order valence-corrected chi connectivity index (χ1v) is 35.4. The molecular weight excluding hydrogens is 1250 g/mol. The van der Waals surface area contributed by atoms with Crippen LogP contribution >= 0.6 is 0 Å². The predicted molar refractivity (Wildman–Crippen MR) is 439 cm³/mol. The molecule has 15 aromatic carbocycles. The zero-order chi connectivity index (χ0) is 69.9. The van der Waals surface area contributed by atoms with Crippen molar-refractivity contribution in [2.75, 3.05) is 19.6 Å². The highest BCUT2D eigenvalue weighted by Crippen LogP contribution is 2.50. The molecule has 0 unspecified atom stereocenters. The fraction of sp³-hybridized carbons (Fsp3) is 0.0505. The second-order valence-corrected chi connectivity index (χ2v) is 26.4. The van der Waals surface area contributed by atoms with E-state index in [0.717, 1.165) is 107 Å². The molecule has 0 radical (unpaired) electrons. The number of hydrogen-bond acceptors (Lipinski definition) is 4. The van der Waals surface area contributed by atoms with Gasteiger partial charge < -0.3 is 19.6 Å². The van der Waals surface area contributed by atoms with Gasteiger partial charge in [0.15, 0.2) is 0 Å². The Morgan fingerprint density at radius 2 is 0.388 bits per heavy atom. The summed E-state index contributed by atoms with van der Waals surface area (Å²) in [4.78, 5) is 9.39. The Bertz CT molecular complexity index is 5110. The molecule has 0 aliphatic carbocycles. The molecule has 0 spiro atoms. The van der Waals surface area contributed by atoms with Crippen LogP contribution in [0.1, 0.15) is 66.8 Å². The molecule has 0 amide bonds. The van der Waals surface area contributed by atoms with Crippen LogP contribution < -0.4 is 19.6 Å². The maximum Gasteiger partial charge on any atom is 0.0701 e. The number of nitrogens with zero attached hydrogens (tertiary/aromatic N) is 4. The summed E-state index contributed by atoms with van der Waals surface area (Å²) < 4.78 is 0. The number of rotatable bonds is 21. The third-order valence-corrected chi connectivity index (χ3v) is 19.6. The van der Waals surface area contributed by atoms with E-state index >= 15 is 0 Å². The van der Waals surface area contributed by atoms with Crippen LogP contribution in [0.5, 0.6) is 0 Å². The number of benzene rings is 15. The Hall–Kier alpha value is -13.0. The Kier molecular flexibility index (Phi) is 19.3. The average molecular weight is 1330 g/mol. The first kappa shape index (κ1) is 65.9. The zero-order valence-corrected chi connectivity index (χ0v) is 58.5. The molecule has 0 saturated carbocycles. The molecule has 0 aliphatic rings. The third-order valence-electron chi connectivity index (χ3n) is 19.6. The fourth-order valence-corrected chi connectivity index (χ4v) is 14.2. The molecule has 0 saturated heterocycles. The van der Waals surface area contributed by atoms with E-state index in [-0.39, 0.29) is 0 Å². The van der Waals surface area contributed by atoms with Crippen LogP contribution in [0.3, 0.4) is 0 Å². The summed E-state index contributed by atoms with van der Waals surface area (Å²) in [5, 5.41) is 0. The first-order chi connectivity index (χ1) is 50.7. The van der Waals surface area contributed by atoms with Gasteiger partial charge in [-0.15, -0.1) is 0 Å². The van der Waals surface area contributed by atoms with Crippen LogP contribution in [0.4, 0.5) is 68.2 Å². The number of hydrogen-bond donors (Lipinski definition) is 0. The van der Waals surface area contributed by atoms with Crippen molar-refractivity contribution in [3.05, 3.63) is 455 Å². The van der Waals surface area contributed by atoms with Gasteiger partial charge in [0, 0.05) is 68.2 Å². The average Bonchev–Trinajstić information content (AvgIpc) is 0.726. The zero-order valence-electron chi connectivity index (χ0n) is 58.5. The Morgan fingerprint density at radius 1 is 0.194 bits per heavy atom. The molecule has 15 rings (SSSR count). The summed E-state index contributed by atoms with van der Waals surface area (Å²) in [7, 11) is 0. The lowest BCUT2D eigenvalue weighted by Crippen LogP contribution is -2.31. The fourth-order valence-electron chi connectivity index (χ4n) is 14.2. The van der Waals surface area contributed by atoms with Gasteiger partial charge in [-0.05, 0) is 240 Å². The highest BCUT2D eigenvalue weighted by molar-refractivity contribution is 5.84. The van der Waals surface area contributed by atoms with Crippen LogP contribution in [0, 0.1) is 27.7 Å². The second-order valence-electron chi connectivity index (χ2n) is 26.4. The molecule has 496 valence electrons. The molecule has 4 nitrogen and oxygen atoms in total. The van der Waals surface area contributed by atoms with E-state index in [2.05, 4.69) is 460 Å². The Morgan fingerprint density at radius 3 is 0.641 bits per heavy atom. The molecule has 0 aliphatic heterocycles. The highest BCUT2D eigenvalue weighted by Gasteiger charge is 2.39. The monoisotopic (exact) mass is 1320 g/mol. The van der Waals surface area contributed by atoms with Crippen LogP contribution in [0.2, 0.25) is 0 Å². The molecule has 0 bridgehead atoms. The van der Waals surface area contributed by atoms with Crippen molar-refractivity contribution in [2.24, 2.45) is 0 Å². The first-order valence-electron chi connectivity index (χ1n) is 35.4. The Labute approximate surface area is 607 Å². The van der Waals surface area contributed by atoms with Gasteiger partial charge in [-0.2, -0.15) is 0 Å². The molecule has 4 heteroatoms. The van der Waals surface area contributed by atoms with E-state index < -0.39 is 5.41 Å². The molecule has 0 fully saturated rings. The maximum atomic E-state index is 2.37. The van der Waals surface area contributed by atoms with Crippen LogP contribution in [-0.4, -0.2) is 0 Å². The smallest absolute Gasteiger partial charge is 0.0701 e. The van der Waals surface area contributed by atoms with Crippen LogP contribution in [0.25, 0.3) is 35.4 Å².